The smallest absolute Gasteiger partial charge is 0.186 e. The molecule has 0 saturated carbocycles. The molecule has 0 radical (unpaired) electrons. The first-order valence-corrected chi connectivity index (χ1v) is 8.33. The molecule has 2 aliphatic heterocycles. The molecule has 0 aromatic rings. The second-order valence-electron chi connectivity index (χ2n) is 6.59. The third-order valence-electron chi connectivity index (χ3n) is 4.61. The lowest BCUT2D eigenvalue weighted by Gasteiger charge is -2.41. The van der Waals surface area contributed by atoms with E-state index >= 15 is 0 Å². The van der Waals surface area contributed by atoms with Crippen molar-refractivity contribution in [3.63, 3.8) is 0 Å². The molecule has 2 fully saturated rings. The zero-order valence-corrected chi connectivity index (χ0v) is 14.3. The predicted molar refractivity (Wildman–Crippen MR) is 81.3 cm³/mol. The Bertz CT molecular complexity index is 423. The maximum absolute atomic E-state index is 10.0. The summed E-state index contributed by atoms with van der Waals surface area (Å²) < 4.78 is 21.4. The molecule has 9 unspecified atom stereocenters. The van der Waals surface area contributed by atoms with Crippen LogP contribution in [0.3, 0.4) is 0 Å². The zero-order chi connectivity index (χ0) is 18.8. The molecule has 10 heteroatoms. The van der Waals surface area contributed by atoms with Gasteiger partial charge in [0.1, 0.15) is 36.1 Å². The van der Waals surface area contributed by atoms with Crippen molar-refractivity contribution in [2.75, 3.05) is 19.8 Å². The lowest BCUT2D eigenvalue weighted by molar-refractivity contribution is -0.317. The van der Waals surface area contributed by atoms with Crippen LogP contribution in [0.2, 0.25) is 0 Å². The van der Waals surface area contributed by atoms with Crippen LogP contribution in [0.5, 0.6) is 0 Å². The van der Waals surface area contributed by atoms with Gasteiger partial charge in [0.05, 0.1) is 25.9 Å². The number of aliphatic hydroxyl groups is 6. The highest BCUT2D eigenvalue weighted by atomic mass is 16.7. The lowest BCUT2D eigenvalue weighted by Crippen LogP contribution is -2.60. The van der Waals surface area contributed by atoms with Gasteiger partial charge in [0.2, 0.25) is 0 Å². The molecule has 9 atom stereocenters. The van der Waals surface area contributed by atoms with Crippen molar-refractivity contribution >= 4 is 0 Å². The molecule has 25 heavy (non-hydrogen) atoms. The number of hydrogen-bond donors (Lipinski definition) is 6. The van der Waals surface area contributed by atoms with Gasteiger partial charge >= 0.3 is 0 Å². The van der Waals surface area contributed by atoms with E-state index in [4.69, 9.17) is 24.1 Å². The molecule has 2 heterocycles. The van der Waals surface area contributed by atoms with Crippen LogP contribution < -0.4 is 0 Å². The van der Waals surface area contributed by atoms with E-state index in [2.05, 4.69) is 0 Å². The van der Waals surface area contributed by atoms with E-state index in [9.17, 15) is 25.5 Å². The predicted octanol–water partition coefficient (Wildman–Crippen LogP) is -2.93. The van der Waals surface area contributed by atoms with Crippen LogP contribution in [0.4, 0.5) is 0 Å². The van der Waals surface area contributed by atoms with Gasteiger partial charge < -0.3 is 49.6 Å². The summed E-state index contributed by atoms with van der Waals surface area (Å²) in [5, 5.41) is 58.9. The largest absolute Gasteiger partial charge is 0.393 e. The van der Waals surface area contributed by atoms with Gasteiger partial charge in [-0.3, -0.25) is 0 Å². The first kappa shape index (κ1) is 20.9. The van der Waals surface area contributed by atoms with Crippen LogP contribution >= 0.6 is 0 Å². The van der Waals surface area contributed by atoms with Crippen LogP contribution in [0.15, 0.2) is 0 Å². The molecule has 6 N–H and O–H groups in total. The molecule has 0 aromatic heterocycles. The van der Waals surface area contributed by atoms with Crippen molar-refractivity contribution in [3.05, 3.63) is 0 Å². The van der Waals surface area contributed by atoms with E-state index in [1.807, 2.05) is 6.92 Å². The summed E-state index contributed by atoms with van der Waals surface area (Å²) in [6.07, 6.45) is -8.85. The summed E-state index contributed by atoms with van der Waals surface area (Å²) in [6.45, 7) is 2.34. The number of aliphatic hydroxyl groups excluding tert-OH is 5. The third kappa shape index (κ3) is 4.48. The maximum atomic E-state index is 10.0. The first-order chi connectivity index (χ1) is 11.7. The third-order valence-corrected chi connectivity index (χ3v) is 4.61. The Morgan fingerprint density at radius 3 is 2.36 bits per heavy atom. The molecule has 0 aromatic carbocycles. The van der Waals surface area contributed by atoms with Crippen LogP contribution in [0.1, 0.15) is 20.3 Å². The van der Waals surface area contributed by atoms with Gasteiger partial charge in [0.25, 0.3) is 0 Å². The normalized spacial score (nSPS) is 46.3. The Morgan fingerprint density at radius 2 is 1.80 bits per heavy atom. The van der Waals surface area contributed by atoms with Crippen LogP contribution in [-0.2, 0) is 18.9 Å². The molecule has 148 valence electrons. The fourth-order valence-electron chi connectivity index (χ4n) is 2.62. The summed E-state index contributed by atoms with van der Waals surface area (Å²) in [7, 11) is 0. The van der Waals surface area contributed by atoms with Gasteiger partial charge in [-0.15, -0.1) is 0 Å². The van der Waals surface area contributed by atoms with Crippen molar-refractivity contribution in [2.24, 2.45) is 0 Å². The van der Waals surface area contributed by atoms with Crippen molar-refractivity contribution in [2.45, 2.75) is 75.1 Å². The molecule has 0 amide bonds. The van der Waals surface area contributed by atoms with Gasteiger partial charge in [-0.1, -0.05) is 6.92 Å². The van der Waals surface area contributed by atoms with Crippen molar-refractivity contribution in [1.29, 1.82) is 0 Å². The number of rotatable bonds is 7. The minimum Gasteiger partial charge on any atom is -0.393 e. The number of ether oxygens (including phenoxy) is 4. The molecule has 2 aliphatic rings. The van der Waals surface area contributed by atoms with Gasteiger partial charge in [-0.05, 0) is 13.3 Å². The highest BCUT2D eigenvalue weighted by Crippen LogP contribution is 2.28. The topological polar surface area (TPSA) is 158 Å². The van der Waals surface area contributed by atoms with E-state index in [0.29, 0.717) is 6.42 Å². The van der Waals surface area contributed by atoms with E-state index in [1.54, 1.807) is 6.92 Å². The number of hydrogen-bond acceptors (Lipinski definition) is 10. The molecular formula is C15H28O10. The fraction of sp³-hybridized carbons (Fsp3) is 1.00. The molecular weight excluding hydrogens is 340 g/mol. The summed E-state index contributed by atoms with van der Waals surface area (Å²) >= 11 is 0. The average Bonchev–Trinajstić information content (AvgIpc) is 2.89. The van der Waals surface area contributed by atoms with Gasteiger partial charge in [-0.25, -0.2) is 0 Å². The SMILES string of the molecule is CCC(C)OC1OC(COC2OCC(O)(CO)C2O)C(O)C(O)C1O. The van der Waals surface area contributed by atoms with Gasteiger partial charge in [0, 0.05) is 0 Å². The van der Waals surface area contributed by atoms with E-state index in [-0.39, 0.29) is 19.3 Å². The van der Waals surface area contributed by atoms with Gasteiger partial charge in [0.15, 0.2) is 12.6 Å². The fourth-order valence-corrected chi connectivity index (χ4v) is 2.62. The quantitative estimate of drug-likeness (QED) is 0.275. The summed E-state index contributed by atoms with van der Waals surface area (Å²) in [5.74, 6) is 0. The minimum absolute atomic E-state index is 0.233. The monoisotopic (exact) mass is 368 g/mol. The van der Waals surface area contributed by atoms with Gasteiger partial charge in [-0.2, -0.15) is 0 Å². The van der Waals surface area contributed by atoms with Crippen molar-refractivity contribution in [3.8, 4) is 0 Å². The second kappa shape index (κ2) is 8.53. The summed E-state index contributed by atoms with van der Waals surface area (Å²) in [6, 6.07) is 0. The first-order valence-electron chi connectivity index (χ1n) is 8.33. The highest BCUT2D eigenvalue weighted by molar-refractivity contribution is 4.94. The Morgan fingerprint density at radius 1 is 1.12 bits per heavy atom. The summed E-state index contributed by atoms with van der Waals surface area (Å²) in [4.78, 5) is 0. The highest BCUT2D eigenvalue weighted by Gasteiger charge is 2.50. The Labute approximate surface area is 145 Å². The zero-order valence-electron chi connectivity index (χ0n) is 14.3. The molecule has 2 saturated heterocycles. The molecule has 0 bridgehead atoms. The standard InChI is InChI=1S/C15H28O10/c1-3-7(2)24-13-11(19)10(18)9(17)8(25-13)4-22-14-12(20)15(21,5-16)6-23-14/h7-14,16-21H,3-6H2,1-2H3. The Hall–Kier alpha value is -0.400. The summed E-state index contributed by atoms with van der Waals surface area (Å²) in [5.41, 5.74) is -1.82. The lowest BCUT2D eigenvalue weighted by atomic mass is 9.99. The van der Waals surface area contributed by atoms with Crippen LogP contribution in [0, 0.1) is 0 Å². The maximum Gasteiger partial charge on any atom is 0.186 e. The van der Waals surface area contributed by atoms with E-state index in [0.717, 1.165) is 0 Å². The minimum atomic E-state index is -1.82. The van der Waals surface area contributed by atoms with E-state index in [1.165, 1.54) is 0 Å². The Balaban J connectivity index is 1.94. The Kier molecular flexibility index (Phi) is 7.13. The average molecular weight is 368 g/mol. The van der Waals surface area contributed by atoms with Crippen molar-refractivity contribution < 1.29 is 49.6 Å². The van der Waals surface area contributed by atoms with Crippen LogP contribution in [0.25, 0.3) is 0 Å². The van der Waals surface area contributed by atoms with Crippen LogP contribution in [-0.4, -0.2) is 105 Å². The van der Waals surface area contributed by atoms with E-state index < -0.39 is 55.3 Å². The molecule has 0 aliphatic carbocycles. The molecule has 2 rings (SSSR count). The molecule has 0 spiro atoms. The van der Waals surface area contributed by atoms with Crippen molar-refractivity contribution in [1.82, 2.24) is 0 Å². The second-order valence-corrected chi connectivity index (χ2v) is 6.59. The molecule has 10 nitrogen and oxygen atoms in total.